The number of anilines is 2. The van der Waals surface area contributed by atoms with Crippen molar-refractivity contribution >= 4 is 29.2 Å². The zero-order valence-electron chi connectivity index (χ0n) is 15.0. The topological polar surface area (TPSA) is 95.5 Å². The molecule has 0 saturated carbocycles. The summed E-state index contributed by atoms with van der Waals surface area (Å²) in [6.07, 6.45) is -0.150. The Balaban J connectivity index is 2.13. The molecule has 136 valence electrons. The third-order valence-corrected chi connectivity index (χ3v) is 4.07. The summed E-state index contributed by atoms with van der Waals surface area (Å²) in [6.45, 7) is 4.77. The Morgan fingerprint density at radius 1 is 0.923 bits per heavy atom. The highest BCUT2D eigenvalue weighted by Gasteiger charge is 2.30. The number of nitrogens with one attached hydrogen (secondary N) is 2. The molecule has 0 unspecified atom stereocenters. The lowest BCUT2D eigenvalue weighted by Crippen LogP contribution is -2.29. The Morgan fingerprint density at radius 3 is 2.08 bits per heavy atom. The molecule has 2 aromatic carbocycles. The highest BCUT2D eigenvalue weighted by atomic mass is 16.4. The highest BCUT2D eigenvalue weighted by molar-refractivity contribution is 6.05. The monoisotopic (exact) mass is 354 g/mol. The van der Waals surface area contributed by atoms with Crippen molar-refractivity contribution < 1.29 is 19.5 Å². The standard InChI is InChI=1S/C20H22N2O4/c1-13-15(21-17(23)12-20(2,3)19(25)26)10-7-11-16(13)22-18(24)14-8-5-4-6-9-14/h4-11H,12H2,1-3H3,(H,21,23)(H,22,24)(H,25,26). The fraction of sp³-hybridized carbons (Fsp3) is 0.250. The van der Waals surface area contributed by atoms with Gasteiger partial charge in [0.25, 0.3) is 5.91 Å². The van der Waals surface area contributed by atoms with E-state index in [1.165, 1.54) is 13.8 Å². The van der Waals surface area contributed by atoms with Gasteiger partial charge in [0.15, 0.2) is 0 Å². The number of hydrogen-bond acceptors (Lipinski definition) is 3. The predicted molar refractivity (Wildman–Crippen MR) is 100 cm³/mol. The van der Waals surface area contributed by atoms with Crippen molar-refractivity contribution in [3.05, 3.63) is 59.7 Å². The molecule has 0 aliphatic heterocycles. The number of rotatable bonds is 6. The maximum Gasteiger partial charge on any atom is 0.309 e. The summed E-state index contributed by atoms with van der Waals surface area (Å²) in [5.41, 5.74) is 1.18. The van der Waals surface area contributed by atoms with Crippen LogP contribution in [0.15, 0.2) is 48.5 Å². The lowest BCUT2D eigenvalue weighted by Gasteiger charge is -2.19. The van der Waals surface area contributed by atoms with Crippen LogP contribution in [0.1, 0.15) is 36.2 Å². The zero-order chi connectivity index (χ0) is 19.3. The third-order valence-electron chi connectivity index (χ3n) is 4.07. The molecule has 2 aromatic rings. The highest BCUT2D eigenvalue weighted by Crippen LogP contribution is 2.26. The van der Waals surface area contributed by atoms with Crippen LogP contribution >= 0.6 is 0 Å². The van der Waals surface area contributed by atoms with Crippen LogP contribution in [0.25, 0.3) is 0 Å². The molecule has 26 heavy (non-hydrogen) atoms. The Morgan fingerprint density at radius 2 is 1.50 bits per heavy atom. The van der Waals surface area contributed by atoms with Gasteiger partial charge in [-0.2, -0.15) is 0 Å². The summed E-state index contributed by atoms with van der Waals surface area (Å²) in [7, 11) is 0. The zero-order valence-corrected chi connectivity index (χ0v) is 15.0. The number of carboxylic acid groups (broad SMARTS) is 1. The molecule has 0 saturated heterocycles. The van der Waals surface area contributed by atoms with E-state index in [2.05, 4.69) is 10.6 Å². The van der Waals surface area contributed by atoms with Crippen LogP contribution in [0, 0.1) is 12.3 Å². The molecule has 3 N–H and O–H groups in total. The maximum atomic E-state index is 12.3. The van der Waals surface area contributed by atoms with Gasteiger partial charge in [0.2, 0.25) is 5.91 Å². The molecular weight excluding hydrogens is 332 g/mol. The van der Waals surface area contributed by atoms with Crippen molar-refractivity contribution in [3.63, 3.8) is 0 Å². The minimum atomic E-state index is -1.16. The first-order chi connectivity index (χ1) is 12.2. The summed E-state index contributed by atoms with van der Waals surface area (Å²) in [4.78, 5) is 35.6. The lowest BCUT2D eigenvalue weighted by molar-refractivity contribution is -0.148. The third kappa shape index (κ3) is 4.69. The van der Waals surface area contributed by atoms with Crippen molar-refractivity contribution in [2.24, 2.45) is 5.41 Å². The van der Waals surface area contributed by atoms with E-state index in [4.69, 9.17) is 5.11 Å². The van der Waals surface area contributed by atoms with Crippen LogP contribution in [-0.2, 0) is 9.59 Å². The van der Waals surface area contributed by atoms with E-state index in [-0.39, 0.29) is 12.3 Å². The Hall–Kier alpha value is -3.15. The van der Waals surface area contributed by atoms with Crippen molar-refractivity contribution in [2.45, 2.75) is 27.2 Å². The van der Waals surface area contributed by atoms with Crippen molar-refractivity contribution in [2.75, 3.05) is 10.6 Å². The first-order valence-corrected chi connectivity index (χ1v) is 8.20. The van der Waals surface area contributed by atoms with E-state index >= 15 is 0 Å². The van der Waals surface area contributed by atoms with Gasteiger partial charge in [-0.1, -0.05) is 24.3 Å². The van der Waals surface area contributed by atoms with Gasteiger partial charge in [-0.3, -0.25) is 14.4 Å². The molecule has 0 aromatic heterocycles. The lowest BCUT2D eigenvalue weighted by atomic mass is 9.89. The minimum Gasteiger partial charge on any atom is -0.481 e. The second-order valence-electron chi connectivity index (χ2n) is 6.71. The van der Waals surface area contributed by atoms with E-state index < -0.39 is 17.3 Å². The Kier molecular flexibility index (Phi) is 5.77. The van der Waals surface area contributed by atoms with Gasteiger partial charge in [0.1, 0.15) is 0 Å². The average Bonchev–Trinajstić information content (AvgIpc) is 2.58. The van der Waals surface area contributed by atoms with E-state index in [1.54, 1.807) is 49.4 Å². The second-order valence-corrected chi connectivity index (χ2v) is 6.71. The van der Waals surface area contributed by atoms with Gasteiger partial charge in [-0.05, 0) is 50.6 Å². The van der Waals surface area contributed by atoms with Gasteiger partial charge < -0.3 is 15.7 Å². The molecule has 0 aliphatic rings. The second kappa shape index (κ2) is 7.82. The molecule has 2 rings (SSSR count). The molecule has 0 heterocycles. The summed E-state index contributed by atoms with van der Waals surface area (Å²) < 4.78 is 0. The van der Waals surface area contributed by atoms with Gasteiger partial charge in [0.05, 0.1) is 5.41 Å². The SMILES string of the molecule is Cc1c(NC(=O)CC(C)(C)C(=O)O)cccc1NC(=O)c1ccccc1. The van der Waals surface area contributed by atoms with E-state index in [9.17, 15) is 14.4 Å². The van der Waals surface area contributed by atoms with E-state index in [0.717, 1.165) is 0 Å². The molecule has 0 aliphatic carbocycles. The summed E-state index contributed by atoms with van der Waals surface area (Å²) in [6, 6.07) is 14.0. The Labute approximate surface area is 152 Å². The smallest absolute Gasteiger partial charge is 0.309 e. The maximum absolute atomic E-state index is 12.3. The number of carbonyl (C=O) groups is 3. The van der Waals surface area contributed by atoms with Crippen molar-refractivity contribution in [1.82, 2.24) is 0 Å². The van der Waals surface area contributed by atoms with E-state index in [0.29, 0.717) is 22.5 Å². The first kappa shape index (κ1) is 19.2. The first-order valence-electron chi connectivity index (χ1n) is 8.20. The van der Waals surface area contributed by atoms with Crippen LogP contribution in [0.3, 0.4) is 0 Å². The number of amides is 2. The number of aliphatic carboxylic acids is 1. The van der Waals surface area contributed by atoms with Crippen LogP contribution in [-0.4, -0.2) is 22.9 Å². The molecule has 0 bridgehead atoms. The van der Waals surface area contributed by atoms with Crippen molar-refractivity contribution in [1.29, 1.82) is 0 Å². The van der Waals surface area contributed by atoms with Crippen LogP contribution in [0.5, 0.6) is 0 Å². The molecule has 0 spiro atoms. The summed E-state index contributed by atoms with van der Waals surface area (Å²) >= 11 is 0. The number of carbonyl (C=O) groups excluding carboxylic acids is 2. The number of hydrogen-bond donors (Lipinski definition) is 3. The van der Waals surface area contributed by atoms with E-state index in [1.807, 2.05) is 6.07 Å². The molecule has 2 amide bonds. The molecule has 6 nitrogen and oxygen atoms in total. The summed E-state index contributed by atoms with van der Waals surface area (Å²) in [5.74, 6) is -1.68. The average molecular weight is 354 g/mol. The fourth-order valence-electron chi connectivity index (χ4n) is 2.36. The predicted octanol–water partition coefficient (Wildman–Crippen LogP) is 3.69. The molecular formula is C20H22N2O4. The number of carboxylic acids is 1. The quantitative estimate of drug-likeness (QED) is 0.737. The van der Waals surface area contributed by atoms with Gasteiger partial charge >= 0.3 is 5.97 Å². The molecule has 0 atom stereocenters. The molecule has 6 heteroatoms. The normalized spacial score (nSPS) is 10.9. The molecule has 0 fully saturated rings. The largest absolute Gasteiger partial charge is 0.481 e. The van der Waals surface area contributed by atoms with Gasteiger partial charge in [0, 0.05) is 23.4 Å². The van der Waals surface area contributed by atoms with Crippen LogP contribution in [0.4, 0.5) is 11.4 Å². The van der Waals surface area contributed by atoms with Gasteiger partial charge in [-0.25, -0.2) is 0 Å². The summed E-state index contributed by atoms with van der Waals surface area (Å²) in [5, 5.41) is 14.7. The van der Waals surface area contributed by atoms with Crippen molar-refractivity contribution in [3.8, 4) is 0 Å². The van der Waals surface area contributed by atoms with Crippen LogP contribution < -0.4 is 10.6 Å². The molecule has 0 radical (unpaired) electrons. The Bertz CT molecular complexity index is 829. The number of benzene rings is 2. The minimum absolute atomic E-state index is 0.150. The fourth-order valence-corrected chi connectivity index (χ4v) is 2.36. The van der Waals surface area contributed by atoms with Crippen LogP contribution in [0.2, 0.25) is 0 Å². The van der Waals surface area contributed by atoms with Gasteiger partial charge in [-0.15, -0.1) is 0 Å².